The molecule has 1 N–H and O–H groups in total. The van der Waals surface area contributed by atoms with Crippen molar-refractivity contribution in [2.75, 3.05) is 5.32 Å². The van der Waals surface area contributed by atoms with E-state index in [1.807, 2.05) is 0 Å². The first-order valence-corrected chi connectivity index (χ1v) is 8.04. The minimum absolute atomic E-state index is 0.464. The van der Waals surface area contributed by atoms with Crippen molar-refractivity contribution in [3.05, 3.63) is 53.1 Å². The topological polar surface area (TPSA) is 12.0 Å². The summed E-state index contributed by atoms with van der Waals surface area (Å²) in [4.78, 5) is 0. The molecule has 1 aliphatic carbocycles. The number of unbranched alkanes of at least 4 members (excludes halogenated alkanes) is 3. The lowest BCUT2D eigenvalue weighted by Crippen LogP contribution is -2.18. The maximum atomic E-state index is 3.63. The zero-order valence-electron chi connectivity index (χ0n) is 12.7. The van der Waals surface area contributed by atoms with E-state index in [0.717, 1.165) is 0 Å². The van der Waals surface area contributed by atoms with Crippen molar-refractivity contribution in [3.8, 4) is 0 Å². The number of hydrogen-bond acceptors (Lipinski definition) is 1. The standard InChI is InChI=1S/C19H25N/c1-3-4-5-6-7-15-9-11-19-17(13-15)16-12-14(2)8-10-18(16)20-19/h8-13,17,19-20H,3-7H2,1-2H3. The summed E-state index contributed by atoms with van der Waals surface area (Å²) in [7, 11) is 0. The number of anilines is 1. The number of rotatable bonds is 5. The molecule has 20 heavy (non-hydrogen) atoms. The molecule has 3 rings (SSSR count). The highest BCUT2D eigenvalue weighted by molar-refractivity contribution is 5.64. The predicted molar refractivity (Wildman–Crippen MR) is 87.3 cm³/mol. The van der Waals surface area contributed by atoms with Gasteiger partial charge in [0.1, 0.15) is 0 Å². The van der Waals surface area contributed by atoms with E-state index < -0.39 is 0 Å². The normalized spacial score (nSPS) is 23.0. The van der Waals surface area contributed by atoms with Gasteiger partial charge in [-0.15, -0.1) is 0 Å². The molecule has 0 radical (unpaired) electrons. The third-order valence-electron chi connectivity index (χ3n) is 4.51. The molecule has 0 saturated carbocycles. The van der Waals surface area contributed by atoms with Gasteiger partial charge in [-0.3, -0.25) is 0 Å². The summed E-state index contributed by atoms with van der Waals surface area (Å²) in [5, 5.41) is 3.63. The molecule has 0 amide bonds. The summed E-state index contributed by atoms with van der Waals surface area (Å²) in [6, 6.07) is 7.23. The van der Waals surface area contributed by atoms with Crippen molar-refractivity contribution in [3.63, 3.8) is 0 Å². The Morgan fingerprint density at radius 1 is 1.15 bits per heavy atom. The largest absolute Gasteiger partial charge is 0.378 e. The van der Waals surface area contributed by atoms with Crippen LogP contribution in [0.5, 0.6) is 0 Å². The average molecular weight is 267 g/mol. The van der Waals surface area contributed by atoms with Crippen molar-refractivity contribution >= 4 is 5.69 Å². The molecule has 1 heterocycles. The summed E-state index contributed by atoms with van der Waals surface area (Å²) in [5.74, 6) is 0.538. The van der Waals surface area contributed by atoms with Crippen LogP contribution in [0.2, 0.25) is 0 Å². The first-order valence-electron chi connectivity index (χ1n) is 8.04. The molecule has 2 atom stereocenters. The van der Waals surface area contributed by atoms with Crippen LogP contribution < -0.4 is 5.32 Å². The fourth-order valence-electron chi connectivity index (χ4n) is 3.35. The van der Waals surface area contributed by atoms with Crippen LogP contribution in [0.3, 0.4) is 0 Å². The van der Waals surface area contributed by atoms with E-state index in [1.165, 1.54) is 54.5 Å². The second kappa shape index (κ2) is 5.87. The number of allylic oxidation sites excluding steroid dienone is 2. The maximum Gasteiger partial charge on any atom is 0.0552 e. The van der Waals surface area contributed by atoms with Crippen molar-refractivity contribution in [2.45, 2.75) is 57.9 Å². The monoisotopic (exact) mass is 267 g/mol. The molecule has 2 unspecified atom stereocenters. The number of nitrogens with one attached hydrogen (secondary N) is 1. The van der Waals surface area contributed by atoms with Crippen LogP contribution in [0.25, 0.3) is 0 Å². The Hall–Kier alpha value is -1.50. The van der Waals surface area contributed by atoms with E-state index in [4.69, 9.17) is 0 Å². The summed E-state index contributed by atoms with van der Waals surface area (Å²) in [6.45, 7) is 4.45. The second-order valence-corrected chi connectivity index (χ2v) is 6.20. The van der Waals surface area contributed by atoms with Gasteiger partial charge in [0.05, 0.1) is 6.04 Å². The fourth-order valence-corrected chi connectivity index (χ4v) is 3.35. The maximum absolute atomic E-state index is 3.63. The van der Waals surface area contributed by atoms with Crippen LogP contribution in [-0.2, 0) is 0 Å². The summed E-state index contributed by atoms with van der Waals surface area (Å²) >= 11 is 0. The smallest absolute Gasteiger partial charge is 0.0552 e. The van der Waals surface area contributed by atoms with Crippen LogP contribution in [-0.4, -0.2) is 6.04 Å². The van der Waals surface area contributed by atoms with Gasteiger partial charge in [0, 0.05) is 11.6 Å². The summed E-state index contributed by atoms with van der Waals surface area (Å²) < 4.78 is 0. The summed E-state index contributed by atoms with van der Waals surface area (Å²) in [6.07, 6.45) is 13.8. The van der Waals surface area contributed by atoms with Gasteiger partial charge in [-0.1, -0.05) is 67.7 Å². The Balaban J connectivity index is 1.72. The van der Waals surface area contributed by atoms with Gasteiger partial charge in [0.25, 0.3) is 0 Å². The number of aryl methyl sites for hydroxylation is 1. The van der Waals surface area contributed by atoms with Gasteiger partial charge in [-0.2, -0.15) is 0 Å². The molecule has 0 bridgehead atoms. The Labute approximate surface area is 122 Å². The van der Waals surface area contributed by atoms with Crippen LogP contribution in [0.1, 0.15) is 56.1 Å². The van der Waals surface area contributed by atoms with Crippen molar-refractivity contribution in [1.29, 1.82) is 0 Å². The zero-order valence-corrected chi connectivity index (χ0v) is 12.7. The molecular weight excluding hydrogens is 242 g/mol. The zero-order chi connectivity index (χ0) is 13.9. The average Bonchev–Trinajstić information content (AvgIpc) is 2.81. The highest BCUT2D eigenvalue weighted by Gasteiger charge is 2.30. The van der Waals surface area contributed by atoms with Crippen molar-refractivity contribution < 1.29 is 0 Å². The third kappa shape index (κ3) is 2.67. The number of hydrogen-bond donors (Lipinski definition) is 1. The van der Waals surface area contributed by atoms with E-state index in [-0.39, 0.29) is 0 Å². The van der Waals surface area contributed by atoms with Gasteiger partial charge in [0.2, 0.25) is 0 Å². The van der Waals surface area contributed by atoms with Crippen LogP contribution in [0.4, 0.5) is 5.69 Å². The van der Waals surface area contributed by atoms with Gasteiger partial charge in [-0.25, -0.2) is 0 Å². The number of benzene rings is 1. The molecule has 1 aromatic carbocycles. The molecule has 1 aliphatic heterocycles. The molecule has 106 valence electrons. The van der Waals surface area contributed by atoms with E-state index in [1.54, 1.807) is 0 Å². The highest BCUT2D eigenvalue weighted by atomic mass is 15.0. The first-order chi connectivity index (χ1) is 9.78. The predicted octanol–water partition coefficient (Wildman–Crippen LogP) is 5.34. The molecule has 1 aromatic rings. The lowest BCUT2D eigenvalue weighted by Gasteiger charge is -2.19. The van der Waals surface area contributed by atoms with Crippen LogP contribution in [0.15, 0.2) is 42.0 Å². The Bertz CT molecular complexity index is 539. The first kappa shape index (κ1) is 13.5. The fraction of sp³-hybridized carbons (Fsp3) is 0.474. The van der Waals surface area contributed by atoms with E-state index in [0.29, 0.717) is 12.0 Å². The molecule has 0 saturated heterocycles. The third-order valence-corrected chi connectivity index (χ3v) is 4.51. The van der Waals surface area contributed by atoms with Crippen LogP contribution >= 0.6 is 0 Å². The summed E-state index contributed by atoms with van der Waals surface area (Å²) in [5.41, 5.74) is 5.68. The highest BCUT2D eigenvalue weighted by Crippen LogP contribution is 2.41. The lowest BCUT2D eigenvalue weighted by molar-refractivity contribution is 0.662. The van der Waals surface area contributed by atoms with Crippen LogP contribution in [0, 0.1) is 6.92 Å². The minimum atomic E-state index is 0.464. The second-order valence-electron chi connectivity index (χ2n) is 6.20. The van der Waals surface area contributed by atoms with Crippen molar-refractivity contribution in [1.82, 2.24) is 0 Å². The Morgan fingerprint density at radius 3 is 2.90 bits per heavy atom. The molecule has 2 aliphatic rings. The molecule has 1 nitrogen and oxygen atoms in total. The van der Waals surface area contributed by atoms with E-state index in [9.17, 15) is 0 Å². The molecule has 1 heteroatoms. The van der Waals surface area contributed by atoms with Gasteiger partial charge >= 0.3 is 0 Å². The van der Waals surface area contributed by atoms with Gasteiger partial charge in [-0.05, 0) is 31.4 Å². The quantitative estimate of drug-likeness (QED) is 0.710. The Kier molecular flexibility index (Phi) is 3.95. The van der Waals surface area contributed by atoms with Crippen molar-refractivity contribution in [2.24, 2.45) is 0 Å². The molecule has 0 fully saturated rings. The molecule has 0 spiro atoms. The molecule has 0 aromatic heterocycles. The lowest BCUT2D eigenvalue weighted by atomic mass is 9.87. The van der Waals surface area contributed by atoms with E-state index in [2.05, 4.69) is 55.6 Å². The van der Waals surface area contributed by atoms with E-state index >= 15 is 0 Å². The van der Waals surface area contributed by atoms with Gasteiger partial charge < -0.3 is 5.32 Å². The van der Waals surface area contributed by atoms with Gasteiger partial charge in [0.15, 0.2) is 0 Å². The minimum Gasteiger partial charge on any atom is -0.378 e. The SMILES string of the molecule is CCCCCCC1=CC2c3cc(C)ccc3NC2C=C1. The molecular formula is C19H25N. The number of fused-ring (bicyclic) bond motifs is 3. The Morgan fingerprint density at radius 2 is 2.05 bits per heavy atom.